The van der Waals surface area contributed by atoms with Crippen LogP contribution < -0.4 is 0 Å². The van der Waals surface area contributed by atoms with Crippen molar-refractivity contribution in [2.75, 3.05) is 0 Å². The Hall–Kier alpha value is -0.490. The van der Waals surface area contributed by atoms with Gasteiger partial charge in [-0.05, 0) is 26.7 Å². The van der Waals surface area contributed by atoms with Crippen LogP contribution in [-0.4, -0.2) is 35.4 Å². The first kappa shape index (κ1) is 13.5. The zero-order chi connectivity index (χ0) is 11.0. The maximum absolute atomic E-state index is 10.1. The molecule has 0 heterocycles. The summed E-state index contributed by atoms with van der Waals surface area (Å²) in [6.07, 6.45) is -0.271. The summed E-state index contributed by atoms with van der Waals surface area (Å²) in [4.78, 5) is 10.1. The number of hydrogen-bond acceptors (Lipinski definition) is 5. The van der Waals surface area contributed by atoms with Gasteiger partial charge < -0.3 is 24.5 Å². The number of hydrogen-bond donors (Lipinski definition) is 2. The van der Waals surface area contributed by atoms with Crippen LogP contribution in [0.25, 0.3) is 0 Å². The van der Waals surface area contributed by atoms with Gasteiger partial charge in [-0.25, -0.2) is 0 Å². The van der Waals surface area contributed by atoms with Crippen LogP contribution in [0.4, 0.5) is 0 Å². The van der Waals surface area contributed by atoms with Crippen LogP contribution in [0.5, 0.6) is 0 Å². The van der Waals surface area contributed by atoms with Crippen molar-refractivity contribution in [3.8, 4) is 0 Å². The van der Waals surface area contributed by atoms with E-state index < -0.39 is 18.9 Å². The fourth-order valence-corrected chi connectivity index (χ4v) is 0.975. The van der Waals surface area contributed by atoms with Crippen molar-refractivity contribution in [3.63, 3.8) is 0 Å². The van der Waals surface area contributed by atoms with Crippen molar-refractivity contribution in [2.45, 2.75) is 52.0 Å². The van der Waals surface area contributed by atoms with E-state index in [9.17, 15) is 4.79 Å². The van der Waals surface area contributed by atoms with Gasteiger partial charge in [0.25, 0.3) is 0 Å². The Morgan fingerprint density at radius 3 is 2.07 bits per heavy atom. The summed E-state index contributed by atoms with van der Waals surface area (Å²) in [6.45, 7) is 2.91. The summed E-state index contributed by atoms with van der Waals surface area (Å²) in [6, 6.07) is 0. The molecular formula is C9H18O5. The zero-order valence-corrected chi connectivity index (χ0v) is 8.55. The maximum Gasteiger partial charge on any atom is 0.163 e. The van der Waals surface area contributed by atoms with E-state index in [1.807, 2.05) is 0 Å². The van der Waals surface area contributed by atoms with Crippen molar-refractivity contribution < 1.29 is 24.5 Å². The molecule has 0 aromatic carbocycles. The molecule has 0 aliphatic carbocycles. The molecule has 2 atom stereocenters. The monoisotopic (exact) mass is 206 g/mol. The van der Waals surface area contributed by atoms with Gasteiger partial charge in [-0.2, -0.15) is 0 Å². The average Bonchev–Trinajstić information content (AvgIpc) is 2.02. The minimum absolute atomic E-state index is 0.419. The zero-order valence-electron chi connectivity index (χ0n) is 8.55. The quantitative estimate of drug-likeness (QED) is 0.341. The average molecular weight is 206 g/mol. The lowest BCUT2D eigenvalue weighted by Crippen LogP contribution is -2.26. The third kappa shape index (κ3) is 8.12. The lowest BCUT2D eigenvalue weighted by molar-refractivity contribution is -0.269. The number of carbonyl (C=O) groups is 1. The van der Waals surface area contributed by atoms with Gasteiger partial charge in [0.1, 0.15) is 6.29 Å². The molecule has 0 bridgehead atoms. The fraction of sp³-hybridized carbons (Fsp3) is 0.889. The van der Waals surface area contributed by atoms with Crippen LogP contribution in [-0.2, 0) is 14.3 Å². The van der Waals surface area contributed by atoms with Crippen LogP contribution in [0.2, 0.25) is 0 Å². The molecule has 0 amide bonds. The molecule has 2 N–H and O–H groups in total. The van der Waals surface area contributed by atoms with Gasteiger partial charge in [0, 0.05) is 6.42 Å². The minimum Gasteiger partial charge on any atom is -0.368 e. The smallest absolute Gasteiger partial charge is 0.163 e. The first-order chi connectivity index (χ1) is 6.56. The van der Waals surface area contributed by atoms with E-state index in [2.05, 4.69) is 0 Å². The molecule has 0 rings (SSSR count). The second-order valence-electron chi connectivity index (χ2n) is 3.00. The Bertz CT molecular complexity index is 136. The van der Waals surface area contributed by atoms with Gasteiger partial charge in [-0.3, -0.25) is 0 Å². The lowest BCUT2D eigenvalue weighted by atomic mass is 10.2. The number of aldehydes is 1. The summed E-state index contributed by atoms with van der Waals surface area (Å²) in [7, 11) is 0. The third-order valence-corrected chi connectivity index (χ3v) is 1.46. The molecule has 14 heavy (non-hydrogen) atoms. The fourth-order valence-electron chi connectivity index (χ4n) is 0.975. The first-order valence-electron chi connectivity index (χ1n) is 4.67. The van der Waals surface area contributed by atoms with Gasteiger partial charge in [0.2, 0.25) is 0 Å². The van der Waals surface area contributed by atoms with Crippen LogP contribution in [0, 0.1) is 0 Å². The molecule has 5 heteroatoms. The molecule has 84 valence electrons. The van der Waals surface area contributed by atoms with E-state index in [1.54, 1.807) is 0 Å². The van der Waals surface area contributed by atoms with Crippen LogP contribution >= 0.6 is 0 Å². The van der Waals surface area contributed by atoms with E-state index in [4.69, 9.17) is 19.7 Å². The van der Waals surface area contributed by atoms with Crippen molar-refractivity contribution in [2.24, 2.45) is 0 Å². The Kier molecular flexibility index (Phi) is 7.60. The Morgan fingerprint density at radius 2 is 1.71 bits per heavy atom. The molecule has 5 nitrogen and oxygen atoms in total. The van der Waals surface area contributed by atoms with Gasteiger partial charge in [-0.1, -0.05) is 0 Å². The SMILES string of the molecule is CC(O)OC(CCCC=O)OC(C)O. The molecular weight excluding hydrogens is 188 g/mol. The molecule has 2 unspecified atom stereocenters. The predicted octanol–water partition coefficient (Wildman–Crippen LogP) is 0.391. The van der Waals surface area contributed by atoms with Crippen LogP contribution in [0.3, 0.4) is 0 Å². The number of carbonyl (C=O) groups excluding carboxylic acids is 1. The molecule has 0 aliphatic rings. The molecule has 0 aromatic rings. The summed E-state index contributed by atoms with van der Waals surface area (Å²) in [5.74, 6) is 0. The Labute approximate surface area is 83.6 Å². The van der Waals surface area contributed by atoms with Crippen molar-refractivity contribution in [1.82, 2.24) is 0 Å². The highest BCUT2D eigenvalue weighted by Crippen LogP contribution is 2.09. The number of rotatable bonds is 8. The van der Waals surface area contributed by atoms with E-state index in [-0.39, 0.29) is 0 Å². The second kappa shape index (κ2) is 7.87. The van der Waals surface area contributed by atoms with Gasteiger partial charge in [0.05, 0.1) is 0 Å². The molecule has 0 radical (unpaired) electrons. The van der Waals surface area contributed by atoms with Crippen LogP contribution in [0.1, 0.15) is 33.1 Å². The normalized spacial score (nSPS) is 17.4. The topological polar surface area (TPSA) is 76.0 Å². The Balaban J connectivity index is 3.77. The number of aliphatic hydroxyl groups is 2. The molecule has 0 spiro atoms. The maximum atomic E-state index is 10.1. The minimum atomic E-state index is -0.949. The highest BCUT2D eigenvalue weighted by molar-refractivity contribution is 5.48. The van der Waals surface area contributed by atoms with E-state index in [1.165, 1.54) is 13.8 Å². The largest absolute Gasteiger partial charge is 0.368 e. The molecule has 0 saturated heterocycles. The van der Waals surface area contributed by atoms with Crippen LogP contribution in [0.15, 0.2) is 0 Å². The summed E-state index contributed by atoms with van der Waals surface area (Å²) < 4.78 is 9.93. The lowest BCUT2D eigenvalue weighted by Gasteiger charge is -2.21. The van der Waals surface area contributed by atoms with Gasteiger partial charge >= 0.3 is 0 Å². The number of ether oxygens (including phenoxy) is 2. The third-order valence-electron chi connectivity index (χ3n) is 1.46. The number of aliphatic hydroxyl groups excluding tert-OH is 2. The van der Waals surface area contributed by atoms with Crippen molar-refractivity contribution in [3.05, 3.63) is 0 Å². The molecule has 0 aliphatic heterocycles. The van der Waals surface area contributed by atoms with Gasteiger partial charge in [0.15, 0.2) is 18.9 Å². The number of unbranched alkanes of at least 4 members (excludes halogenated alkanes) is 1. The highest BCUT2D eigenvalue weighted by atomic mass is 16.8. The summed E-state index contributed by atoms with van der Waals surface area (Å²) in [5.41, 5.74) is 0. The standard InChI is InChI=1S/C9H18O5/c1-7(11)13-9(14-8(2)12)5-3-4-6-10/h6-9,11-12H,3-5H2,1-2H3. The summed E-state index contributed by atoms with van der Waals surface area (Å²) >= 11 is 0. The second-order valence-corrected chi connectivity index (χ2v) is 3.00. The van der Waals surface area contributed by atoms with Crippen molar-refractivity contribution >= 4 is 6.29 Å². The molecule has 0 saturated carbocycles. The van der Waals surface area contributed by atoms with E-state index in [0.717, 1.165) is 6.29 Å². The first-order valence-corrected chi connectivity index (χ1v) is 4.67. The predicted molar refractivity (Wildman–Crippen MR) is 49.2 cm³/mol. The van der Waals surface area contributed by atoms with E-state index >= 15 is 0 Å². The Morgan fingerprint density at radius 1 is 1.21 bits per heavy atom. The van der Waals surface area contributed by atoms with Crippen molar-refractivity contribution in [1.29, 1.82) is 0 Å². The highest BCUT2D eigenvalue weighted by Gasteiger charge is 2.14. The van der Waals surface area contributed by atoms with Gasteiger partial charge in [-0.15, -0.1) is 0 Å². The molecule has 0 aromatic heterocycles. The molecule has 0 fully saturated rings. The van der Waals surface area contributed by atoms with E-state index in [0.29, 0.717) is 19.3 Å². The summed E-state index contributed by atoms with van der Waals surface area (Å²) in [5, 5.41) is 17.9.